The second kappa shape index (κ2) is 16.8. The predicted molar refractivity (Wildman–Crippen MR) is 172 cm³/mol. The highest BCUT2D eigenvalue weighted by Crippen LogP contribution is 2.44. The highest BCUT2D eigenvalue weighted by atomic mass is 16.1. The third kappa shape index (κ3) is 10.1. The van der Waals surface area contributed by atoms with E-state index in [1.54, 1.807) is 38.2 Å². The van der Waals surface area contributed by atoms with Gasteiger partial charge in [0.05, 0.1) is 0 Å². The van der Waals surface area contributed by atoms with E-state index in [9.17, 15) is 4.79 Å². The van der Waals surface area contributed by atoms with Gasteiger partial charge in [0.1, 0.15) is 0 Å². The number of carbonyl (C=O) groups excluding carboxylic acids is 1. The molecule has 1 amide bonds. The molecule has 0 saturated heterocycles. The summed E-state index contributed by atoms with van der Waals surface area (Å²) in [6.45, 7) is 8.51. The molecule has 0 aliphatic heterocycles. The molecule has 0 bridgehead atoms. The minimum absolute atomic E-state index is 0.0287. The number of nitrogens with one attached hydrogen (secondary N) is 1. The van der Waals surface area contributed by atoms with E-state index >= 15 is 0 Å². The van der Waals surface area contributed by atoms with Crippen molar-refractivity contribution in [2.45, 2.75) is 148 Å². The number of aryl methyl sites for hydroxylation is 1. The molecule has 1 aromatic carbocycles. The molecule has 0 radical (unpaired) electrons. The van der Waals surface area contributed by atoms with E-state index in [2.05, 4.69) is 43.1 Å². The third-order valence-electron chi connectivity index (χ3n) is 11.3. The summed E-state index contributed by atoms with van der Waals surface area (Å²) >= 11 is 0. The summed E-state index contributed by atoms with van der Waals surface area (Å²) in [6, 6.07) is 9.39. The Kier molecular flexibility index (Phi) is 13.1. The van der Waals surface area contributed by atoms with Gasteiger partial charge < -0.3 is 5.32 Å². The van der Waals surface area contributed by atoms with Crippen molar-refractivity contribution in [2.24, 2.45) is 29.6 Å². The topological polar surface area (TPSA) is 29.1 Å². The molecule has 0 spiro atoms. The van der Waals surface area contributed by atoms with Crippen LogP contribution in [0.1, 0.15) is 153 Å². The first-order valence-electron chi connectivity index (χ1n) is 17.5. The Balaban J connectivity index is 1.06. The molecule has 1 N–H and O–H groups in total. The van der Waals surface area contributed by atoms with Crippen LogP contribution in [0.5, 0.6) is 0 Å². The van der Waals surface area contributed by atoms with Crippen LogP contribution in [0.4, 0.5) is 0 Å². The van der Waals surface area contributed by atoms with E-state index < -0.39 is 0 Å². The fraction of sp³-hybridized carbons (Fsp3) is 0.763. The molecule has 3 fully saturated rings. The van der Waals surface area contributed by atoms with Crippen LogP contribution in [0.2, 0.25) is 0 Å². The van der Waals surface area contributed by atoms with Gasteiger partial charge in [0.2, 0.25) is 5.91 Å². The molecule has 40 heavy (non-hydrogen) atoms. The number of amides is 1. The molecule has 2 heteroatoms. The Morgan fingerprint density at radius 3 is 1.77 bits per heavy atom. The summed E-state index contributed by atoms with van der Waals surface area (Å²) in [5.41, 5.74) is 3.51. The second-order valence-electron chi connectivity index (χ2n) is 14.2. The van der Waals surface area contributed by atoms with Gasteiger partial charge >= 0.3 is 0 Å². The number of benzene rings is 1. The summed E-state index contributed by atoms with van der Waals surface area (Å²) in [7, 11) is 0. The molecule has 3 saturated carbocycles. The lowest BCUT2D eigenvalue weighted by Gasteiger charge is -2.38. The zero-order valence-electron chi connectivity index (χ0n) is 26.2. The lowest BCUT2D eigenvalue weighted by molar-refractivity contribution is -0.117. The molecule has 3 aliphatic carbocycles. The molecule has 1 aromatic rings. The van der Waals surface area contributed by atoms with Crippen LogP contribution in [-0.4, -0.2) is 12.5 Å². The van der Waals surface area contributed by atoms with Crippen LogP contribution in [0, 0.1) is 29.6 Å². The largest absolute Gasteiger partial charge is 0.352 e. The van der Waals surface area contributed by atoms with E-state index in [-0.39, 0.29) is 5.91 Å². The van der Waals surface area contributed by atoms with Gasteiger partial charge in [-0.15, -0.1) is 0 Å². The predicted octanol–water partition coefficient (Wildman–Crippen LogP) is 10.6. The molecule has 3 aliphatic rings. The Morgan fingerprint density at radius 2 is 1.25 bits per heavy atom. The fourth-order valence-electron chi connectivity index (χ4n) is 8.44. The lowest BCUT2D eigenvalue weighted by Crippen LogP contribution is -2.26. The van der Waals surface area contributed by atoms with E-state index in [0.717, 1.165) is 54.9 Å². The minimum Gasteiger partial charge on any atom is -0.352 e. The molecule has 224 valence electrons. The van der Waals surface area contributed by atoms with Crippen molar-refractivity contribution in [2.75, 3.05) is 6.54 Å². The maximum absolute atomic E-state index is 11.6. The first-order valence-corrected chi connectivity index (χ1v) is 17.5. The summed E-state index contributed by atoms with van der Waals surface area (Å²) < 4.78 is 0. The maximum Gasteiger partial charge on any atom is 0.246 e. The van der Waals surface area contributed by atoms with Gasteiger partial charge in [-0.25, -0.2) is 0 Å². The average Bonchev–Trinajstić information content (AvgIpc) is 2.99. The molecular formula is C38H61NO. The number of carbonyl (C=O) groups is 1. The molecular weight excluding hydrogens is 486 g/mol. The maximum atomic E-state index is 11.6. The van der Waals surface area contributed by atoms with Gasteiger partial charge in [0.25, 0.3) is 0 Å². The van der Waals surface area contributed by atoms with Crippen molar-refractivity contribution in [3.8, 4) is 0 Å². The number of hydrogen-bond donors (Lipinski definition) is 1. The summed E-state index contributed by atoms with van der Waals surface area (Å²) in [4.78, 5) is 11.6. The summed E-state index contributed by atoms with van der Waals surface area (Å²) in [5.74, 6) is 5.94. The standard InChI is InChI=1S/C38H61NO/c1-4-5-6-8-30-12-20-34(21-13-30)36-24-16-32(17-25-36)10-11-33-18-26-37(27-19-33)35-22-14-31(15-23-35)9-7-28-39-38(40)29(2)3/h14-15,22-23,30,32-34,36-37H,2,4-13,16-21,24-28H2,1,3H3,(H,39,40). The van der Waals surface area contributed by atoms with Crippen molar-refractivity contribution < 1.29 is 4.79 Å². The monoisotopic (exact) mass is 547 g/mol. The second-order valence-corrected chi connectivity index (χ2v) is 14.2. The van der Waals surface area contributed by atoms with Crippen LogP contribution < -0.4 is 5.32 Å². The zero-order chi connectivity index (χ0) is 28.2. The van der Waals surface area contributed by atoms with Gasteiger partial charge in [0, 0.05) is 12.1 Å². The molecule has 0 unspecified atom stereocenters. The van der Waals surface area contributed by atoms with Crippen molar-refractivity contribution in [1.29, 1.82) is 0 Å². The van der Waals surface area contributed by atoms with Crippen LogP contribution in [0.3, 0.4) is 0 Å². The van der Waals surface area contributed by atoms with Crippen molar-refractivity contribution in [3.63, 3.8) is 0 Å². The summed E-state index contributed by atoms with van der Waals surface area (Å²) in [6.07, 6.45) is 28.8. The van der Waals surface area contributed by atoms with E-state index in [1.165, 1.54) is 95.5 Å². The average molecular weight is 548 g/mol. The minimum atomic E-state index is -0.0287. The van der Waals surface area contributed by atoms with Crippen molar-refractivity contribution in [3.05, 3.63) is 47.5 Å². The number of rotatable bonds is 14. The van der Waals surface area contributed by atoms with Crippen LogP contribution in [-0.2, 0) is 11.2 Å². The first kappa shape index (κ1) is 31.4. The van der Waals surface area contributed by atoms with Crippen LogP contribution >= 0.6 is 0 Å². The SMILES string of the molecule is C=C(C)C(=O)NCCCc1ccc(C2CCC(CCC3CCC(C4CCC(CCCCC)CC4)CC3)CC2)cc1. The molecule has 0 heterocycles. The highest BCUT2D eigenvalue weighted by molar-refractivity contribution is 5.92. The normalized spacial score (nSPS) is 29.1. The number of hydrogen-bond acceptors (Lipinski definition) is 1. The summed E-state index contributed by atoms with van der Waals surface area (Å²) in [5, 5.41) is 2.94. The molecule has 4 rings (SSSR count). The highest BCUT2D eigenvalue weighted by Gasteiger charge is 2.31. The zero-order valence-corrected chi connectivity index (χ0v) is 26.2. The van der Waals surface area contributed by atoms with E-state index in [0.29, 0.717) is 5.57 Å². The van der Waals surface area contributed by atoms with Gasteiger partial charge in [-0.3, -0.25) is 4.79 Å². The van der Waals surface area contributed by atoms with Gasteiger partial charge in [-0.05, 0) is 118 Å². The lowest BCUT2D eigenvalue weighted by atomic mass is 9.67. The Labute approximate surface area is 247 Å². The molecule has 2 nitrogen and oxygen atoms in total. The van der Waals surface area contributed by atoms with Gasteiger partial charge in [0.15, 0.2) is 0 Å². The van der Waals surface area contributed by atoms with Crippen molar-refractivity contribution >= 4 is 5.91 Å². The van der Waals surface area contributed by atoms with Crippen molar-refractivity contribution in [1.82, 2.24) is 5.32 Å². The van der Waals surface area contributed by atoms with E-state index in [4.69, 9.17) is 0 Å². The van der Waals surface area contributed by atoms with Gasteiger partial charge in [-0.2, -0.15) is 0 Å². The van der Waals surface area contributed by atoms with E-state index in [1.807, 2.05) is 0 Å². The fourth-order valence-corrected chi connectivity index (χ4v) is 8.44. The smallest absolute Gasteiger partial charge is 0.246 e. The van der Waals surface area contributed by atoms with Crippen LogP contribution in [0.15, 0.2) is 36.4 Å². The third-order valence-corrected chi connectivity index (χ3v) is 11.3. The quantitative estimate of drug-likeness (QED) is 0.182. The molecule has 0 atom stereocenters. The van der Waals surface area contributed by atoms with Crippen LogP contribution in [0.25, 0.3) is 0 Å². The Morgan fingerprint density at radius 1 is 0.725 bits per heavy atom. The van der Waals surface area contributed by atoms with Gasteiger partial charge in [-0.1, -0.05) is 102 Å². The number of unbranched alkanes of at least 4 members (excludes halogenated alkanes) is 2. The molecule has 0 aromatic heterocycles. The Hall–Kier alpha value is -1.57. The Bertz CT molecular complexity index is 863. The first-order chi connectivity index (χ1) is 19.5.